The molecule has 1 rings (SSSR count). The van der Waals surface area contributed by atoms with Crippen LogP contribution >= 0.6 is 0 Å². The van der Waals surface area contributed by atoms with Gasteiger partial charge in [-0.2, -0.15) is 0 Å². The standard InChI is InChI=1S/C8H10FNO3/c9-6-1-5(2-10-3-6)8(13)7(12)4-11/h1-3,7-8,11-13H,4H2. The van der Waals surface area contributed by atoms with Gasteiger partial charge in [0.05, 0.1) is 12.8 Å². The minimum Gasteiger partial charge on any atom is -0.394 e. The lowest BCUT2D eigenvalue weighted by atomic mass is 10.1. The Bertz CT molecular complexity index is 282. The topological polar surface area (TPSA) is 73.6 Å². The number of aromatic nitrogens is 1. The first-order valence-electron chi connectivity index (χ1n) is 3.72. The summed E-state index contributed by atoms with van der Waals surface area (Å²) in [6.07, 6.45) is -0.412. The third-order valence-corrected chi connectivity index (χ3v) is 1.62. The molecule has 0 aromatic carbocycles. The van der Waals surface area contributed by atoms with E-state index in [0.717, 1.165) is 12.3 Å². The van der Waals surface area contributed by atoms with Gasteiger partial charge >= 0.3 is 0 Å². The first-order valence-corrected chi connectivity index (χ1v) is 3.72. The Morgan fingerprint density at radius 3 is 2.62 bits per heavy atom. The second kappa shape index (κ2) is 4.27. The molecule has 13 heavy (non-hydrogen) atoms. The molecule has 0 bridgehead atoms. The number of rotatable bonds is 3. The number of hydrogen-bond donors (Lipinski definition) is 3. The molecule has 0 amide bonds. The smallest absolute Gasteiger partial charge is 0.141 e. The first kappa shape index (κ1) is 10.0. The Kier molecular flexibility index (Phi) is 3.30. The molecular formula is C8H10FNO3. The van der Waals surface area contributed by atoms with Crippen molar-refractivity contribution in [2.24, 2.45) is 0 Å². The summed E-state index contributed by atoms with van der Waals surface area (Å²) in [5.74, 6) is -0.596. The Morgan fingerprint density at radius 2 is 2.08 bits per heavy atom. The van der Waals surface area contributed by atoms with E-state index in [-0.39, 0.29) is 5.56 Å². The van der Waals surface area contributed by atoms with E-state index in [1.165, 1.54) is 6.20 Å². The van der Waals surface area contributed by atoms with Crippen molar-refractivity contribution in [2.45, 2.75) is 12.2 Å². The number of aliphatic hydroxyl groups is 3. The monoisotopic (exact) mass is 187 g/mol. The van der Waals surface area contributed by atoms with Gasteiger partial charge in [0.2, 0.25) is 0 Å². The van der Waals surface area contributed by atoms with Gasteiger partial charge in [-0.25, -0.2) is 4.39 Å². The Balaban J connectivity index is 2.82. The molecular weight excluding hydrogens is 177 g/mol. The van der Waals surface area contributed by atoms with Gasteiger partial charge in [-0.3, -0.25) is 4.98 Å². The van der Waals surface area contributed by atoms with Crippen molar-refractivity contribution in [3.8, 4) is 0 Å². The Labute approximate surface area is 74.3 Å². The van der Waals surface area contributed by atoms with Gasteiger partial charge < -0.3 is 15.3 Å². The van der Waals surface area contributed by atoms with Crippen molar-refractivity contribution >= 4 is 0 Å². The largest absolute Gasteiger partial charge is 0.394 e. The van der Waals surface area contributed by atoms with Gasteiger partial charge in [-0.15, -0.1) is 0 Å². The molecule has 0 saturated carbocycles. The molecule has 0 aliphatic rings. The van der Waals surface area contributed by atoms with E-state index in [4.69, 9.17) is 10.2 Å². The molecule has 2 unspecified atom stereocenters. The Morgan fingerprint density at radius 1 is 1.38 bits per heavy atom. The summed E-state index contributed by atoms with van der Waals surface area (Å²) >= 11 is 0. The predicted octanol–water partition coefficient (Wildman–Crippen LogP) is -0.393. The maximum Gasteiger partial charge on any atom is 0.141 e. The van der Waals surface area contributed by atoms with Crippen molar-refractivity contribution < 1.29 is 19.7 Å². The van der Waals surface area contributed by atoms with Crippen molar-refractivity contribution in [3.63, 3.8) is 0 Å². The molecule has 72 valence electrons. The third kappa shape index (κ3) is 2.45. The van der Waals surface area contributed by atoms with E-state index >= 15 is 0 Å². The lowest BCUT2D eigenvalue weighted by Gasteiger charge is -2.14. The van der Waals surface area contributed by atoms with Crippen LogP contribution in [-0.2, 0) is 0 Å². The fraction of sp³-hybridized carbons (Fsp3) is 0.375. The average molecular weight is 187 g/mol. The van der Waals surface area contributed by atoms with E-state index in [1.807, 2.05) is 0 Å². The van der Waals surface area contributed by atoms with Crippen LogP contribution in [0, 0.1) is 5.82 Å². The number of halogens is 1. The summed E-state index contributed by atoms with van der Waals surface area (Å²) in [5.41, 5.74) is 0.140. The molecule has 0 spiro atoms. The van der Waals surface area contributed by atoms with Crippen LogP contribution in [0.1, 0.15) is 11.7 Å². The molecule has 2 atom stereocenters. The maximum absolute atomic E-state index is 12.6. The van der Waals surface area contributed by atoms with Crippen molar-refractivity contribution in [3.05, 3.63) is 29.8 Å². The molecule has 1 heterocycles. The van der Waals surface area contributed by atoms with E-state index in [1.54, 1.807) is 0 Å². The van der Waals surface area contributed by atoms with Crippen molar-refractivity contribution in [1.82, 2.24) is 4.98 Å². The average Bonchev–Trinajstić information content (AvgIpc) is 2.15. The number of hydrogen-bond acceptors (Lipinski definition) is 4. The zero-order valence-corrected chi connectivity index (χ0v) is 6.76. The Hall–Kier alpha value is -1.04. The van der Waals surface area contributed by atoms with E-state index in [2.05, 4.69) is 4.98 Å². The van der Waals surface area contributed by atoms with Crippen LogP contribution in [0.2, 0.25) is 0 Å². The normalized spacial score (nSPS) is 15.4. The summed E-state index contributed by atoms with van der Waals surface area (Å²) in [4.78, 5) is 3.49. The van der Waals surface area contributed by atoms with Crippen molar-refractivity contribution in [2.75, 3.05) is 6.61 Å². The number of nitrogens with zero attached hydrogens (tertiary/aromatic N) is 1. The first-order chi connectivity index (χ1) is 6.15. The molecule has 0 aliphatic carbocycles. The second-order valence-corrected chi connectivity index (χ2v) is 2.63. The van der Waals surface area contributed by atoms with Gasteiger partial charge in [0.25, 0.3) is 0 Å². The molecule has 0 aliphatic heterocycles. The van der Waals surface area contributed by atoms with Gasteiger partial charge in [0.1, 0.15) is 18.0 Å². The minimum absolute atomic E-state index is 0.140. The van der Waals surface area contributed by atoms with Crippen LogP contribution in [0.4, 0.5) is 4.39 Å². The van der Waals surface area contributed by atoms with Gasteiger partial charge in [-0.05, 0) is 6.07 Å². The number of aliphatic hydroxyl groups excluding tert-OH is 3. The fourth-order valence-corrected chi connectivity index (χ4v) is 0.912. The van der Waals surface area contributed by atoms with Gasteiger partial charge in [0, 0.05) is 11.8 Å². The lowest BCUT2D eigenvalue weighted by Crippen LogP contribution is -2.22. The summed E-state index contributed by atoms with van der Waals surface area (Å²) in [6.45, 7) is -0.586. The zero-order valence-electron chi connectivity index (χ0n) is 6.76. The van der Waals surface area contributed by atoms with Crippen LogP contribution in [0.3, 0.4) is 0 Å². The molecule has 3 N–H and O–H groups in total. The quantitative estimate of drug-likeness (QED) is 0.602. The fourth-order valence-electron chi connectivity index (χ4n) is 0.912. The van der Waals surface area contributed by atoms with E-state index in [9.17, 15) is 9.50 Å². The molecule has 5 heteroatoms. The summed E-state index contributed by atoms with van der Waals surface area (Å²) in [5, 5.41) is 26.8. The predicted molar refractivity (Wildman–Crippen MR) is 42.2 cm³/mol. The third-order valence-electron chi connectivity index (χ3n) is 1.62. The van der Waals surface area contributed by atoms with Gasteiger partial charge in [-0.1, -0.05) is 0 Å². The van der Waals surface area contributed by atoms with E-state index in [0.29, 0.717) is 0 Å². The molecule has 0 radical (unpaired) electrons. The van der Waals surface area contributed by atoms with Crippen molar-refractivity contribution in [1.29, 1.82) is 0 Å². The van der Waals surface area contributed by atoms with Crippen LogP contribution in [0.25, 0.3) is 0 Å². The second-order valence-electron chi connectivity index (χ2n) is 2.63. The van der Waals surface area contributed by atoms with Crippen LogP contribution in [0.5, 0.6) is 0 Å². The maximum atomic E-state index is 12.6. The zero-order chi connectivity index (χ0) is 9.84. The summed E-state index contributed by atoms with van der Waals surface area (Å²) in [6, 6.07) is 1.05. The highest BCUT2D eigenvalue weighted by Crippen LogP contribution is 2.15. The summed E-state index contributed by atoms with van der Waals surface area (Å²) in [7, 11) is 0. The minimum atomic E-state index is -1.32. The highest BCUT2D eigenvalue weighted by molar-refractivity contribution is 5.14. The van der Waals surface area contributed by atoms with Crippen LogP contribution in [0.15, 0.2) is 18.5 Å². The van der Waals surface area contributed by atoms with Gasteiger partial charge in [0.15, 0.2) is 0 Å². The molecule has 1 aromatic rings. The highest BCUT2D eigenvalue weighted by Gasteiger charge is 2.17. The van der Waals surface area contributed by atoms with Crippen LogP contribution < -0.4 is 0 Å². The SMILES string of the molecule is OCC(O)C(O)c1cncc(F)c1. The summed E-state index contributed by atoms with van der Waals surface area (Å²) < 4.78 is 12.6. The highest BCUT2D eigenvalue weighted by atomic mass is 19.1. The number of pyridine rings is 1. The molecule has 1 aromatic heterocycles. The lowest BCUT2D eigenvalue weighted by molar-refractivity contribution is -0.0155. The molecule has 0 saturated heterocycles. The molecule has 4 nitrogen and oxygen atoms in total. The molecule has 0 fully saturated rings. The van der Waals surface area contributed by atoms with E-state index < -0.39 is 24.6 Å². The van der Waals surface area contributed by atoms with Crippen LogP contribution in [-0.4, -0.2) is 33.0 Å².